The lowest BCUT2D eigenvalue weighted by molar-refractivity contribution is -0.144. The Balaban J connectivity index is 1.51. The van der Waals surface area contributed by atoms with Crippen LogP contribution in [-0.4, -0.2) is 40.4 Å². The summed E-state index contributed by atoms with van der Waals surface area (Å²) < 4.78 is 50.1. The van der Waals surface area contributed by atoms with Gasteiger partial charge in [0.2, 0.25) is 5.78 Å². The van der Waals surface area contributed by atoms with Gasteiger partial charge in [-0.05, 0) is 47.8 Å². The van der Waals surface area contributed by atoms with Gasteiger partial charge in [0, 0.05) is 7.05 Å². The first-order valence-electron chi connectivity index (χ1n) is 8.97. The summed E-state index contributed by atoms with van der Waals surface area (Å²) in [6.45, 7) is -1.07. The second kappa shape index (κ2) is 9.71. The lowest BCUT2D eigenvalue weighted by Crippen LogP contribution is -2.25. The molecule has 162 valence electrons. The smallest absolute Gasteiger partial charge is 0.344 e. The Morgan fingerprint density at radius 3 is 2.35 bits per heavy atom. The zero-order valence-corrected chi connectivity index (χ0v) is 18.0. The quantitative estimate of drug-likeness (QED) is 0.356. The van der Waals surface area contributed by atoms with Gasteiger partial charge in [-0.1, -0.05) is 18.2 Å². The summed E-state index contributed by atoms with van der Waals surface area (Å²) in [5.41, 5.74) is 0.257. The maximum atomic E-state index is 13.6. The highest BCUT2D eigenvalue weighted by molar-refractivity contribution is 7.94. The molecule has 3 aromatic rings. The molecule has 7 nitrogen and oxygen atoms in total. The molecular formula is C21H18FNO6S2. The van der Waals surface area contributed by atoms with Gasteiger partial charge in [0.1, 0.15) is 15.8 Å². The molecule has 0 amide bonds. The molecule has 0 unspecified atom stereocenters. The van der Waals surface area contributed by atoms with Crippen molar-refractivity contribution in [1.82, 2.24) is 0 Å². The van der Waals surface area contributed by atoms with Gasteiger partial charge in [-0.15, -0.1) is 11.3 Å². The third-order valence-corrected chi connectivity index (χ3v) is 7.36. The lowest BCUT2D eigenvalue weighted by atomic mass is 10.1. The zero-order valence-electron chi connectivity index (χ0n) is 16.4. The van der Waals surface area contributed by atoms with Crippen LogP contribution in [0.5, 0.6) is 5.75 Å². The van der Waals surface area contributed by atoms with Crippen LogP contribution in [0.15, 0.2) is 70.3 Å². The summed E-state index contributed by atoms with van der Waals surface area (Å²) in [5.74, 6) is -1.84. The Kier molecular flexibility index (Phi) is 7.03. The van der Waals surface area contributed by atoms with Gasteiger partial charge in [-0.2, -0.15) is 0 Å². The van der Waals surface area contributed by atoms with E-state index in [4.69, 9.17) is 9.47 Å². The van der Waals surface area contributed by atoms with Crippen molar-refractivity contribution in [2.24, 2.45) is 0 Å². The molecule has 0 bridgehead atoms. The molecule has 2 aromatic carbocycles. The molecule has 0 atom stereocenters. The number of hydrogen-bond acceptors (Lipinski definition) is 7. The summed E-state index contributed by atoms with van der Waals surface area (Å²) in [6, 6.07) is 14.7. The minimum Gasteiger partial charge on any atom is -0.482 e. The van der Waals surface area contributed by atoms with E-state index in [1.807, 2.05) is 0 Å². The molecule has 0 saturated heterocycles. The highest BCUT2D eigenvalue weighted by Crippen LogP contribution is 2.26. The molecular weight excluding hydrogens is 445 g/mol. The van der Waals surface area contributed by atoms with Crippen LogP contribution >= 0.6 is 11.3 Å². The fraction of sp³-hybridized carbons (Fsp3) is 0.143. The predicted octanol–water partition coefficient (Wildman–Crippen LogP) is 3.52. The number of Topliss-reactive ketones (excluding diaryl/α,β-unsaturated/α-hetero) is 1. The largest absolute Gasteiger partial charge is 0.482 e. The third kappa shape index (κ3) is 5.47. The summed E-state index contributed by atoms with van der Waals surface area (Å²) >= 11 is 1.12. The van der Waals surface area contributed by atoms with Gasteiger partial charge in [-0.3, -0.25) is 9.10 Å². The van der Waals surface area contributed by atoms with E-state index in [2.05, 4.69) is 0 Å². The summed E-state index contributed by atoms with van der Waals surface area (Å²) in [5, 5.41) is 1.68. The van der Waals surface area contributed by atoms with Crippen molar-refractivity contribution in [2.45, 2.75) is 4.21 Å². The highest BCUT2D eigenvalue weighted by Gasteiger charge is 2.22. The average molecular weight is 464 g/mol. The number of anilines is 1. The number of sulfonamides is 1. The Hall–Kier alpha value is -3.24. The molecule has 3 rings (SSSR count). The number of nitrogens with zero attached hydrogens (tertiary/aromatic N) is 1. The number of carbonyl (C=O) groups excluding carboxylic acids is 2. The van der Waals surface area contributed by atoms with Gasteiger partial charge in [0.25, 0.3) is 10.0 Å². The van der Waals surface area contributed by atoms with E-state index in [0.717, 1.165) is 21.7 Å². The molecule has 0 aliphatic rings. The van der Waals surface area contributed by atoms with Crippen LogP contribution in [-0.2, 0) is 19.6 Å². The molecule has 10 heteroatoms. The van der Waals surface area contributed by atoms with Crippen LogP contribution in [0.2, 0.25) is 0 Å². The number of rotatable bonds is 9. The van der Waals surface area contributed by atoms with Crippen molar-refractivity contribution < 1.29 is 31.9 Å². The van der Waals surface area contributed by atoms with Gasteiger partial charge >= 0.3 is 5.97 Å². The minimum absolute atomic E-state index is 0.159. The fourth-order valence-electron chi connectivity index (χ4n) is 2.53. The lowest BCUT2D eigenvalue weighted by Gasteiger charge is -2.18. The maximum Gasteiger partial charge on any atom is 0.344 e. The third-order valence-electron chi connectivity index (χ3n) is 4.21. The monoisotopic (exact) mass is 463 g/mol. The van der Waals surface area contributed by atoms with E-state index in [1.165, 1.54) is 55.6 Å². The first kappa shape index (κ1) is 22.4. The van der Waals surface area contributed by atoms with Crippen LogP contribution in [0.25, 0.3) is 0 Å². The first-order valence-corrected chi connectivity index (χ1v) is 11.3. The zero-order chi connectivity index (χ0) is 22.4. The van der Waals surface area contributed by atoms with E-state index in [1.54, 1.807) is 11.4 Å². The van der Waals surface area contributed by atoms with Gasteiger partial charge in [0.05, 0.1) is 11.3 Å². The van der Waals surface area contributed by atoms with Gasteiger partial charge in [-0.25, -0.2) is 17.6 Å². The normalized spacial score (nSPS) is 11.0. The SMILES string of the molecule is CN(c1ccc(OCC(=O)OCC(=O)c2ccccc2F)cc1)S(=O)(=O)c1cccs1. The molecule has 31 heavy (non-hydrogen) atoms. The van der Waals surface area contributed by atoms with E-state index < -0.39 is 40.8 Å². The molecule has 0 radical (unpaired) electrons. The molecule has 0 aliphatic heterocycles. The predicted molar refractivity (Wildman–Crippen MR) is 114 cm³/mol. The molecule has 1 aromatic heterocycles. The van der Waals surface area contributed by atoms with Crippen LogP contribution in [0.1, 0.15) is 10.4 Å². The molecule has 0 fully saturated rings. The van der Waals surface area contributed by atoms with Crippen molar-refractivity contribution in [3.8, 4) is 5.75 Å². The Morgan fingerprint density at radius 1 is 1.00 bits per heavy atom. The van der Waals surface area contributed by atoms with Crippen molar-refractivity contribution in [2.75, 3.05) is 24.6 Å². The first-order chi connectivity index (χ1) is 14.8. The number of carbonyl (C=O) groups is 2. The van der Waals surface area contributed by atoms with Crippen LogP contribution < -0.4 is 9.04 Å². The van der Waals surface area contributed by atoms with Crippen LogP contribution in [0.4, 0.5) is 10.1 Å². The van der Waals surface area contributed by atoms with Crippen molar-refractivity contribution in [3.63, 3.8) is 0 Å². The standard InChI is InChI=1S/C21H18FNO6S2/c1-23(31(26,27)21-7-4-12-30-21)15-8-10-16(11-9-15)28-14-20(25)29-13-19(24)17-5-2-3-6-18(17)22/h2-12H,13-14H2,1H3. The Labute approximate surface area is 182 Å². The van der Waals surface area contributed by atoms with Crippen LogP contribution in [0, 0.1) is 5.82 Å². The number of esters is 1. The van der Waals surface area contributed by atoms with E-state index >= 15 is 0 Å². The number of halogens is 1. The van der Waals surface area contributed by atoms with Crippen molar-refractivity contribution in [3.05, 3.63) is 77.4 Å². The summed E-state index contributed by atoms with van der Waals surface area (Å²) in [6.07, 6.45) is 0. The average Bonchev–Trinajstić information content (AvgIpc) is 3.32. The number of ether oxygens (including phenoxy) is 2. The maximum absolute atomic E-state index is 13.6. The van der Waals surface area contributed by atoms with E-state index in [9.17, 15) is 22.4 Å². The van der Waals surface area contributed by atoms with Crippen LogP contribution in [0.3, 0.4) is 0 Å². The molecule has 0 aliphatic carbocycles. The Morgan fingerprint density at radius 2 is 1.71 bits per heavy atom. The highest BCUT2D eigenvalue weighted by atomic mass is 32.2. The van der Waals surface area contributed by atoms with E-state index in [-0.39, 0.29) is 9.77 Å². The second-order valence-electron chi connectivity index (χ2n) is 6.25. The second-order valence-corrected chi connectivity index (χ2v) is 9.39. The topological polar surface area (TPSA) is 90.0 Å². The minimum atomic E-state index is -3.65. The molecule has 0 N–H and O–H groups in total. The van der Waals surface area contributed by atoms with Crippen molar-refractivity contribution in [1.29, 1.82) is 0 Å². The van der Waals surface area contributed by atoms with Gasteiger partial charge < -0.3 is 9.47 Å². The fourth-order valence-corrected chi connectivity index (χ4v) is 4.89. The number of benzene rings is 2. The number of hydrogen-bond donors (Lipinski definition) is 0. The van der Waals surface area contributed by atoms with E-state index in [0.29, 0.717) is 11.4 Å². The molecule has 0 saturated carbocycles. The molecule has 0 spiro atoms. The number of ketones is 1. The number of thiophene rings is 1. The summed E-state index contributed by atoms with van der Waals surface area (Å²) in [7, 11) is -2.21. The summed E-state index contributed by atoms with van der Waals surface area (Å²) in [4.78, 5) is 23.7. The molecule has 1 heterocycles. The van der Waals surface area contributed by atoms with Gasteiger partial charge in [0.15, 0.2) is 13.2 Å². The van der Waals surface area contributed by atoms with Crippen molar-refractivity contribution >= 4 is 38.8 Å². The Bertz CT molecular complexity index is 1160.